The van der Waals surface area contributed by atoms with Crippen LogP contribution in [-0.4, -0.2) is 55.3 Å². The first-order valence-corrected chi connectivity index (χ1v) is 11.8. The lowest BCUT2D eigenvalue weighted by atomic mass is 10.1. The van der Waals surface area contributed by atoms with E-state index in [0.717, 1.165) is 3.57 Å². The Kier molecular flexibility index (Phi) is 9.44. The second kappa shape index (κ2) is 12.7. The second-order valence-corrected chi connectivity index (χ2v) is 8.70. The summed E-state index contributed by atoms with van der Waals surface area (Å²) in [5.41, 5.74) is 0.285. The monoisotopic (exact) mass is 619 g/mol. The Morgan fingerprint density at radius 3 is 1.70 bits per heavy atom. The number of hydrogen-bond acceptors (Lipinski definition) is 8. The molecule has 2 N–H and O–H groups in total. The molecule has 2 atom stereocenters. The van der Waals surface area contributed by atoms with Crippen LogP contribution in [0, 0.1) is 3.57 Å². The summed E-state index contributed by atoms with van der Waals surface area (Å²) in [5, 5.41) is 12.4. The van der Waals surface area contributed by atoms with Crippen LogP contribution in [0.3, 0.4) is 0 Å². The fourth-order valence-corrected chi connectivity index (χ4v) is 3.47. The Bertz CT molecular complexity index is 1290. The highest BCUT2D eigenvalue weighted by atomic mass is 127. The van der Waals surface area contributed by atoms with E-state index in [1.54, 1.807) is 36.4 Å². The van der Waals surface area contributed by atoms with E-state index in [1.807, 2.05) is 0 Å². The van der Waals surface area contributed by atoms with Gasteiger partial charge in [-0.2, -0.15) is 0 Å². The number of ether oxygens (including phenoxy) is 4. The first-order chi connectivity index (χ1) is 17.7. The summed E-state index contributed by atoms with van der Waals surface area (Å²) in [5.74, 6) is -4.12. The van der Waals surface area contributed by atoms with E-state index >= 15 is 0 Å². The van der Waals surface area contributed by atoms with Gasteiger partial charge < -0.3 is 29.4 Å². The number of carbonyl (C=O) groups is 4. The van der Waals surface area contributed by atoms with Crippen molar-refractivity contribution >= 4 is 52.1 Å². The maximum absolute atomic E-state index is 13.2. The van der Waals surface area contributed by atoms with Gasteiger partial charge in [-0.25, -0.2) is 14.4 Å². The molecule has 0 aromatic heterocycles. The number of carboxylic acids is 1. The number of nitrogens with one attached hydrogen (secondary N) is 1. The molecule has 0 fully saturated rings. The molecule has 0 saturated carbocycles. The van der Waals surface area contributed by atoms with Gasteiger partial charge in [0, 0.05) is 9.26 Å². The predicted molar refractivity (Wildman–Crippen MR) is 140 cm³/mol. The molecule has 11 heteroatoms. The topological polar surface area (TPSA) is 137 Å². The number of benzene rings is 3. The SMILES string of the molecule is COc1cccc(C(=O)O[C@@H](C(=O)O)[C@@H](OC(=O)c2cccc(OC)c2)C(=O)Nc2ccc(I)cc2)c1. The van der Waals surface area contributed by atoms with Crippen LogP contribution in [0.5, 0.6) is 11.5 Å². The van der Waals surface area contributed by atoms with Gasteiger partial charge in [0.05, 0.1) is 25.3 Å². The highest BCUT2D eigenvalue weighted by Crippen LogP contribution is 2.20. The first kappa shape index (κ1) is 27.5. The van der Waals surface area contributed by atoms with Crippen molar-refractivity contribution in [3.05, 3.63) is 87.5 Å². The van der Waals surface area contributed by atoms with Crippen molar-refractivity contribution in [3.63, 3.8) is 0 Å². The van der Waals surface area contributed by atoms with Crippen LogP contribution in [0.2, 0.25) is 0 Å². The molecular formula is C26H22INO9. The molecule has 192 valence electrons. The molecule has 0 bridgehead atoms. The van der Waals surface area contributed by atoms with Gasteiger partial charge in [0.1, 0.15) is 11.5 Å². The Morgan fingerprint density at radius 1 is 0.757 bits per heavy atom. The number of amides is 1. The number of hydrogen-bond donors (Lipinski definition) is 2. The molecule has 0 radical (unpaired) electrons. The summed E-state index contributed by atoms with van der Waals surface area (Å²) in [6, 6.07) is 18.3. The van der Waals surface area contributed by atoms with Crippen molar-refractivity contribution in [2.75, 3.05) is 19.5 Å². The smallest absolute Gasteiger partial charge is 0.349 e. The van der Waals surface area contributed by atoms with Crippen molar-refractivity contribution < 1.29 is 43.2 Å². The predicted octanol–water partition coefficient (Wildman–Crippen LogP) is 3.78. The molecule has 0 heterocycles. The van der Waals surface area contributed by atoms with E-state index in [4.69, 9.17) is 18.9 Å². The van der Waals surface area contributed by atoms with Gasteiger partial charge in [-0.15, -0.1) is 0 Å². The summed E-state index contributed by atoms with van der Waals surface area (Å²) in [4.78, 5) is 51.0. The maximum Gasteiger partial charge on any atom is 0.349 e. The van der Waals surface area contributed by atoms with Crippen LogP contribution in [0.4, 0.5) is 5.69 Å². The molecule has 10 nitrogen and oxygen atoms in total. The highest BCUT2D eigenvalue weighted by Gasteiger charge is 2.41. The lowest BCUT2D eigenvalue weighted by Gasteiger charge is -2.23. The summed E-state index contributed by atoms with van der Waals surface area (Å²) >= 11 is 2.08. The van der Waals surface area contributed by atoms with Crippen LogP contribution in [0.25, 0.3) is 0 Å². The number of carbonyl (C=O) groups excluding carboxylic acids is 3. The number of rotatable bonds is 10. The quantitative estimate of drug-likeness (QED) is 0.257. The molecule has 0 aliphatic heterocycles. The Hall–Kier alpha value is -4.13. The van der Waals surface area contributed by atoms with Gasteiger partial charge in [0.15, 0.2) is 0 Å². The Labute approximate surface area is 225 Å². The molecule has 0 spiro atoms. The highest BCUT2D eigenvalue weighted by molar-refractivity contribution is 14.1. The Balaban J connectivity index is 1.92. The maximum atomic E-state index is 13.2. The fraction of sp³-hybridized carbons (Fsp3) is 0.154. The van der Waals surface area contributed by atoms with Crippen LogP contribution in [0.15, 0.2) is 72.8 Å². The van der Waals surface area contributed by atoms with Crippen molar-refractivity contribution in [2.24, 2.45) is 0 Å². The van der Waals surface area contributed by atoms with Gasteiger partial charge >= 0.3 is 17.9 Å². The zero-order valence-corrected chi connectivity index (χ0v) is 21.8. The molecule has 3 aromatic rings. The van der Waals surface area contributed by atoms with Crippen molar-refractivity contribution in [3.8, 4) is 11.5 Å². The van der Waals surface area contributed by atoms with Gasteiger partial charge in [-0.05, 0) is 83.3 Å². The average Bonchev–Trinajstić information content (AvgIpc) is 2.91. The van der Waals surface area contributed by atoms with Crippen molar-refractivity contribution in [1.82, 2.24) is 0 Å². The third-order valence-electron chi connectivity index (χ3n) is 4.97. The molecule has 3 rings (SSSR count). The molecule has 0 aliphatic carbocycles. The molecule has 0 aliphatic rings. The number of esters is 2. The zero-order chi connectivity index (χ0) is 26.9. The lowest BCUT2D eigenvalue weighted by Crippen LogP contribution is -2.48. The third kappa shape index (κ3) is 7.43. The van der Waals surface area contributed by atoms with E-state index < -0.39 is 36.0 Å². The van der Waals surface area contributed by atoms with Crippen LogP contribution >= 0.6 is 22.6 Å². The van der Waals surface area contributed by atoms with E-state index in [0.29, 0.717) is 17.2 Å². The zero-order valence-electron chi connectivity index (χ0n) is 19.7. The van der Waals surface area contributed by atoms with E-state index in [9.17, 15) is 24.3 Å². The summed E-state index contributed by atoms with van der Waals surface area (Å²) in [7, 11) is 2.80. The first-order valence-electron chi connectivity index (χ1n) is 10.7. The van der Waals surface area contributed by atoms with Crippen LogP contribution in [0.1, 0.15) is 20.7 Å². The molecular weight excluding hydrogens is 597 g/mol. The van der Waals surface area contributed by atoms with Crippen molar-refractivity contribution in [2.45, 2.75) is 12.2 Å². The van der Waals surface area contributed by atoms with Crippen LogP contribution in [-0.2, 0) is 19.1 Å². The van der Waals surface area contributed by atoms with Crippen LogP contribution < -0.4 is 14.8 Å². The van der Waals surface area contributed by atoms with E-state index in [-0.39, 0.29) is 11.1 Å². The molecule has 3 aromatic carbocycles. The normalized spacial score (nSPS) is 12.0. The largest absolute Gasteiger partial charge is 0.497 e. The second-order valence-electron chi connectivity index (χ2n) is 7.45. The number of carboxylic acid groups (broad SMARTS) is 1. The number of aliphatic carboxylic acids is 1. The molecule has 0 unspecified atom stereocenters. The van der Waals surface area contributed by atoms with Crippen molar-refractivity contribution in [1.29, 1.82) is 0 Å². The average molecular weight is 619 g/mol. The fourth-order valence-electron chi connectivity index (χ4n) is 3.11. The molecule has 37 heavy (non-hydrogen) atoms. The van der Waals surface area contributed by atoms with Gasteiger partial charge in [0.25, 0.3) is 5.91 Å². The number of halogens is 1. The van der Waals surface area contributed by atoms with E-state index in [2.05, 4.69) is 27.9 Å². The summed E-state index contributed by atoms with van der Waals surface area (Å²) in [6.07, 6.45) is -4.21. The van der Waals surface area contributed by atoms with Gasteiger partial charge in [-0.1, -0.05) is 12.1 Å². The molecule has 1 amide bonds. The molecule has 0 saturated heterocycles. The third-order valence-corrected chi connectivity index (χ3v) is 5.69. The van der Waals surface area contributed by atoms with Gasteiger partial charge in [-0.3, -0.25) is 4.79 Å². The number of methoxy groups -OCH3 is 2. The Morgan fingerprint density at radius 2 is 1.24 bits per heavy atom. The minimum atomic E-state index is -2.17. The van der Waals surface area contributed by atoms with Gasteiger partial charge in [0.2, 0.25) is 12.2 Å². The standard InChI is InChI=1S/C26H22INO9/c1-34-19-7-3-5-15(13-19)25(32)36-21(23(29)28-18-11-9-17(27)10-12-18)22(24(30)31)37-26(33)16-6-4-8-20(14-16)35-2/h3-14,21-22H,1-2H3,(H,28,29)(H,30,31)/t21-,22-/m1/s1. The number of anilines is 1. The van der Waals surface area contributed by atoms with E-state index in [1.165, 1.54) is 50.6 Å². The minimum Gasteiger partial charge on any atom is -0.497 e. The summed E-state index contributed by atoms with van der Waals surface area (Å²) < 4.78 is 21.5. The minimum absolute atomic E-state index is 0.00493. The summed E-state index contributed by atoms with van der Waals surface area (Å²) in [6.45, 7) is 0. The lowest BCUT2D eigenvalue weighted by molar-refractivity contribution is -0.157.